The number of amides is 1. The van der Waals surface area contributed by atoms with Gasteiger partial charge in [0.05, 0.1) is 15.6 Å². The van der Waals surface area contributed by atoms with Gasteiger partial charge in [-0.05, 0) is 19.4 Å². The summed E-state index contributed by atoms with van der Waals surface area (Å²) in [6.07, 6.45) is 1.35. The predicted octanol–water partition coefficient (Wildman–Crippen LogP) is 2.98. The van der Waals surface area contributed by atoms with Gasteiger partial charge in [0.2, 0.25) is 5.91 Å². The largest absolute Gasteiger partial charge is 0.379 e. The van der Waals surface area contributed by atoms with Crippen molar-refractivity contribution >= 4 is 28.9 Å². The van der Waals surface area contributed by atoms with Crippen LogP contribution in [0.4, 0.5) is 11.4 Å². The van der Waals surface area contributed by atoms with Crippen molar-refractivity contribution < 1.29 is 9.72 Å². The minimum atomic E-state index is -0.442. The highest BCUT2D eigenvalue weighted by Crippen LogP contribution is 2.31. The first kappa shape index (κ1) is 15.6. The molecule has 2 rings (SSSR count). The number of halogens is 1. The predicted molar refractivity (Wildman–Crippen MR) is 81.7 cm³/mol. The van der Waals surface area contributed by atoms with E-state index >= 15 is 0 Å². The molecule has 1 heterocycles. The lowest BCUT2D eigenvalue weighted by Gasteiger charge is -2.18. The highest BCUT2D eigenvalue weighted by Gasteiger charge is 2.26. The summed E-state index contributed by atoms with van der Waals surface area (Å²) in [7, 11) is 0. The molecule has 0 radical (unpaired) electrons. The Morgan fingerprint density at radius 2 is 2.29 bits per heavy atom. The maximum atomic E-state index is 11.6. The smallest absolute Gasteiger partial charge is 0.273 e. The molecule has 1 saturated heterocycles. The average molecular weight is 312 g/mol. The van der Waals surface area contributed by atoms with Gasteiger partial charge in [0, 0.05) is 37.2 Å². The molecule has 1 amide bonds. The quantitative estimate of drug-likeness (QED) is 0.685. The molecule has 0 aromatic heterocycles. The van der Waals surface area contributed by atoms with Gasteiger partial charge < -0.3 is 10.2 Å². The molecular weight excluding hydrogens is 294 g/mol. The maximum absolute atomic E-state index is 11.6. The van der Waals surface area contributed by atoms with Crippen LogP contribution < -0.4 is 5.32 Å². The Morgan fingerprint density at radius 3 is 2.90 bits per heavy atom. The number of nitrogens with one attached hydrogen (secondary N) is 1. The molecule has 1 fully saturated rings. The molecular formula is C14H18ClN3O3. The van der Waals surface area contributed by atoms with Crippen LogP contribution in [0.25, 0.3) is 0 Å². The summed E-state index contributed by atoms with van der Waals surface area (Å²) in [5.74, 6) is 0.144. The third kappa shape index (κ3) is 3.44. The summed E-state index contributed by atoms with van der Waals surface area (Å²) in [6.45, 7) is 4.90. The molecule has 6 nitrogen and oxygen atoms in total. The van der Waals surface area contributed by atoms with Gasteiger partial charge in [0.1, 0.15) is 0 Å². The number of nitro benzene ring substituents is 1. The average Bonchev–Trinajstić information content (AvgIpc) is 2.89. The van der Waals surface area contributed by atoms with Crippen molar-refractivity contribution in [3.05, 3.63) is 32.8 Å². The molecule has 21 heavy (non-hydrogen) atoms. The molecule has 0 spiro atoms. The Balaban J connectivity index is 2.09. The Hall–Kier alpha value is -1.82. The SMILES string of the molecule is CCC(=O)N1CCC(Nc2cc(C)c([N+](=O)[O-])cc2Cl)C1. The van der Waals surface area contributed by atoms with Crippen LogP contribution >= 0.6 is 11.6 Å². The molecule has 0 bridgehead atoms. The Morgan fingerprint density at radius 1 is 1.57 bits per heavy atom. The lowest BCUT2D eigenvalue weighted by Crippen LogP contribution is -2.31. The molecule has 1 aromatic carbocycles. The normalized spacial score (nSPS) is 17.9. The zero-order valence-electron chi connectivity index (χ0n) is 12.1. The minimum Gasteiger partial charge on any atom is -0.379 e. The summed E-state index contributed by atoms with van der Waals surface area (Å²) in [5.41, 5.74) is 1.25. The molecule has 1 unspecified atom stereocenters. The first-order valence-electron chi connectivity index (χ1n) is 6.91. The first-order chi connectivity index (χ1) is 9.92. The number of likely N-dealkylation sites (tertiary alicyclic amines) is 1. The zero-order valence-corrected chi connectivity index (χ0v) is 12.8. The van der Waals surface area contributed by atoms with Crippen molar-refractivity contribution in [2.45, 2.75) is 32.7 Å². The Kier molecular flexibility index (Phi) is 4.67. The second-order valence-corrected chi connectivity index (χ2v) is 5.61. The fourth-order valence-corrected chi connectivity index (χ4v) is 2.74. The van der Waals surface area contributed by atoms with Gasteiger partial charge in [-0.2, -0.15) is 0 Å². The topological polar surface area (TPSA) is 75.5 Å². The van der Waals surface area contributed by atoms with E-state index in [4.69, 9.17) is 11.6 Å². The molecule has 1 N–H and O–H groups in total. The van der Waals surface area contributed by atoms with Crippen molar-refractivity contribution in [3.8, 4) is 0 Å². The van der Waals surface area contributed by atoms with Crippen molar-refractivity contribution in [3.63, 3.8) is 0 Å². The number of nitro groups is 1. The van der Waals surface area contributed by atoms with Crippen LogP contribution in [0.3, 0.4) is 0 Å². The van der Waals surface area contributed by atoms with Gasteiger partial charge in [-0.25, -0.2) is 0 Å². The highest BCUT2D eigenvalue weighted by molar-refractivity contribution is 6.33. The first-order valence-corrected chi connectivity index (χ1v) is 7.29. The fourth-order valence-electron chi connectivity index (χ4n) is 2.53. The van der Waals surface area contributed by atoms with Crippen LogP contribution in [0.1, 0.15) is 25.3 Å². The van der Waals surface area contributed by atoms with E-state index in [1.165, 1.54) is 6.07 Å². The molecule has 0 saturated carbocycles. The second-order valence-electron chi connectivity index (χ2n) is 5.20. The molecule has 1 aromatic rings. The number of nitrogens with zero attached hydrogens (tertiary/aromatic N) is 2. The van der Waals surface area contributed by atoms with Crippen LogP contribution in [-0.4, -0.2) is 34.9 Å². The van der Waals surface area contributed by atoms with Gasteiger partial charge in [-0.1, -0.05) is 18.5 Å². The van der Waals surface area contributed by atoms with Gasteiger partial charge in [-0.15, -0.1) is 0 Å². The van der Waals surface area contributed by atoms with E-state index in [0.29, 0.717) is 29.2 Å². The minimum absolute atomic E-state index is 0.0137. The number of hydrogen-bond donors (Lipinski definition) is 1. The van der Waals surface area contributed by atoms with Crippen LogP contribution in [0.15, 0.2) is 12.1 Å². The Bertz CT molecular complexity index is 577. The van der Waals surface area contributed by atoms with E-state index in [1.54, 1.807) is 13.0 Å². The molecule has 7 heteroatoms. The van der Waals surface area contributed by atoms with E-state index in [9.17, 15) is 14.9 Å². The standard InChI is InChI=1S/C14H18ClN3O3/c1-3-14(19)17-5-4-10(8-17)16-12-6-9(2)13(18(20)21)7-11(12)15/h6-7,10,16H,3-5,8H2,1-2H3. The maximum Gasteiger partial charge on any atom is 0.273 e. The van der Waals surface area contributed by atoms with Gasteiger partial charge >= 0.3 is 0 Å². The third-order valence-electron chi connectivity index (χ3n) is 3.69. The van der Waals surface area contributed by atoms with Crippen LogP contribution in [0, 0.1) is 17.0 Å². The van der Waals surface area contributed by atoms with E-state index in [0.717, 1.165) is 13.0 Å². The van der Waals surface area contributed by atoms with Crippen LogP contribution in [0.2, 0.25) is 5.02 Å². The van der Waals surface area contributed by atoms with E-state index in [-0.39, 0.29) is 17.6 Å². The van der Waals surface area contributed by atoms with Gasteiger partial charge in [0.25, 0.3) is 5.69 Å². The summed E-state index contributed by atoms with van der Waals surface area (Å²) in [5, 5.41) is 14.5. The molecule has 114 valence electrons. The lowest BCUT2D eigenvalue weighted by atomic mass is 10.1. The molecule has 0 aliphatic carbocycles. The monoisotopic (exact) mass is 311 g/mol. The van der Waals surface area contributed by atoms with E-state index in [1.807, 2.05) is 11.8 Å². The number of carbonyl (C=O) groups excluding carboxylic acids is 1. The highest BCUT2D eigenvalue weighted by atomic mass is 35.5. The number of aryl methyl sites for hydroxylation is 1. The van der Waals surface area contributed by atoms with Gasteiger partial charge in [0.15, 0.2) is 0 Å². The molecule has 1 aliphatic heterocycles. The summed E-state index contributed by atoms with van der Waals surface area (Å²) in [4.78, 5) is 23.9. The number of carbonyl (C=O) groups is 1. The number of rotatable bonds is 4. The molecule has 1 atom stereocenters. The van der Waals surface area contributed by atoms with E-state index in [2.05, 4.69) is 5.32 Å². The van der Waals surface area contributed by atoms with Crippen molar-refractivity contribution in [1.82, 2.24) is 4.90 Å². The zero-order chi connectivity index (χ0) is 15.6. The van der Waals surface area contributed by atoms with Crippen molar-refractivity contribution in [2.75, 3.05) is 18.4 Å². The number of hydrogen-bond acceptors (Lipinski definition) is 4. The van der Waals surface area contributed by atoms with Crippen LogP contribution in [-0.2, 0) is 4.79 Å². The third-order valence-corrected chi connectivity index (χ3v) is 4.00. The fraction of sp³-hybridized carbons (Fsp3) is 0.500. The summed E-state index contributed by atoms with van der Waals surface area (Å²) in [6, 6.07) is 3.17. The van der Waals surface area contributed by atoms with E-state index < -0.39 is 4.92 Å². The number of benzene rings is 1. The molecule has 1 aliphatic rings. The van der Waals surface area contributed by atoms with Crippen molar-refractivity contribution in [2.24, 2.45) is 0 Å². The number of anilines is 1. The second kappa shape index (κ2) is 6.30. The van der Waals surface area contributed by atoms with Crippen molar-refractivity contribution in [1.29, 1.82) is 0 Å². The van der Waals surface area contributed by atoms with Crippen LogP contribution in [0.5, 0.6) is 0 Å². The summed E-state index contributed by atoms with van der Waals surface area (Å²) < 4.78 is 0. The van der Waals surface area contributed by atoms with Gasteiger partial charge in [-0.3, -0.25) is 14.9 Å². The Labute approximate surface area is 128 Å². The summed E-state index contributed by atoms with van der Waals surface area (Å²) >= 11 is 6.10. The lowest BCUT2D eigenvalue weighted by molar-refractivity contribution is -0.385.